The highest BCUT2D eigenvalue weighted by Crippen LogP contribution is 2.31. The van der Waals surface area contributed by atoms with Crippen molar-refractivity contribution < 1.29 is 22.3 Å². The molecule has 0 bridgehead atoms. The summed E-state index contributed by atoms with van der Waals surface area (Å²) in [5.74, 6) is -0.621. The van der Waals surface area contributed by atoms with Gasteiger partial charge in [0.2, 0.25) is 0 Å². The quantitative estimate of drug-likeness (QED) is 0.806. The van der Waals surface area contributed by atoms with Crippen LogP contribution in [0.3, 0.4) is 0 Å². The molecule has 1 fully saturated rings. The summed E-state index contributed by atoms with van der Waals surface area (Å²) in [6.07, 6.45) is 2.82. The molecule has 9 nitrogen and oxygen atoms in total. The number of rotatable bonds is 4. The van der Waals surface area contributed by atoms with E-state index in [4.69, 9.17) is 10.5 Å². The molecule has 3 heterocycles. The Hall–Kier alpha value is -2.79. The number of cyclic esters (lactones) is 1. The van der Waals surface area contributed by atoms with Gasteiger partial charge in [-0.3, -0.25) is 4.90 Å². The van der Waals surface area contributed by atoms with Gasteiger partial charge in [-0.25, -0.2) is 22.3 Å². The zero-order chi connectivity index (χ0) is 19.9. The fourth-order valence-electron chi connectivity index (χ4n) is 3.28. The maximum Gasteiger partial charge on any atom is 0.414 e. The molecule has 1 aromatic heterocycles. The molecule has 0 spiro atoms. The number of hydrogen-bond acceptors (Lipinski definition) is 7. The number of carbonyl (C=O) groups excluding carboxylic acids is 1. The number of sulfone groups is 1. The SMILES string of the molecule is NC([C@H]1CN(c2ccc(C3=CCS(=O)(=O)CC3)c(F)c2)C(=O)O1)n1ccnn1. The van der Waals surface area contributed by atoms with Gasteiger partial charge in [0.15, 0.2) is 15.9 Å². The van der Waals surface area contributed by atoms with Crippen LogP contribution in [0.1, 0.15) is 18.2 Å². The van der Waals surface area contributed by atoms with E-state index >= 15 is 0 Å². The minimum Gasteiger partial charge on any atom is -0.440 e. The first-order chi connectivity index (χ1) is 13.3. The molecule has 0 radical (unpaired) electrons. The second kappa shape index (κ2) is 6.99. The molecule has 0 aliphatic carbocycles. The zero-order valence-corrected chi connectivity index (χ0v) is 15.5. The van der Waals surface area contributed by atoms with Crippen molar-refractivity contribution >= 4 is 27.2 Å². The Morgan fingerprint density at radius 3 is 2.82 bits per heavy atom. The molecule has 1 aromatic carbocycles. The number of nitrogens with zero attached hydrogens (tertiary/aromatic N) is 4. The van der Waals surface area contributed by atoms with Gasteiger partial charge in [0.25, 0.3) is 0 Å². The van der Waals surface area contributed by atoms with Crippen molar-refractivity contribution in [1.82, 2.24) is 15.0 Å². The molecule has 2 aliphatic rings. The molecule has 4 rings (SSSR count). The summed E-state index contributed by atoms with van der Waals surface area (Å²) in [6.45, 7) is 0.138. The first kappa shape index (κ1) is 18.6. The predicted molar refractivity (Wildman–Crippen MR) is 98.5 cm³/mol. The second-order valence-electron chi connectivity index (χ2n) is 6.66. The Bertz CT molecular complexity index is 1040. The predicted octanol–water partition coefficient (Wildman–Crippen LogP) is 1.10. The Kier molecular flexibility index (Phi) is 4.63. The van der Waals surface area contributed by atoms with Crippen LogP contribution >= 0.6 is 0 Å². The van der Waals surface area contributed by atoms with Gasteiger partial charge < -0.3 is 10.5 Å². The third kappa shape index (κ3) is 3.50. The summed E-state index contributed by atoms with van der Waals surface area (Å²) < 4.78 is 44.4. The van der Waals surface area contributed by atoms with E-state index in [1.165, 1.54) is 27.9 Å². The maximum absolute atomic E-state index is 14.7. The molecule has 148 valence electrons. The normalized spacial score (nSPS) is 22.6. The van der Waals surface area contributed by atoms with Crippen LogP contribution < -0.4 is 10.6 Å². The lowest BCUT2D eigenvalue weighted by Gasteiger charge is -2.18. The largest absolute Gasteiger partial charge is 0.440 e. The van der Waals surface area contributed by atoms with Crippen LogP contribution in [0.25, 0.3) is 5.57 Å². The number of aromatic nitrogens is 3. The van der Waals surface area contributed by atoms with E-state index in [1.807, 2.05) is 0 Å². The number of carbonyl (C=O) groups is 1. The number of anilines is 1. The highest BCUT2D eigenvalue weighted by Gasteiger charge is 2.37. The number of halogens is 1. The monoisotopic (exact) mass is 407 g/mol. The van der Waals surface area contributed by atoms with Crippen LogP contribution in [-0.2, 0) is 14.6 Å². The van der Waals surface area contributed by atoms with Crippen molar-refractivity contribution in [2.24, 2.45) is 5.73 Å². The molecule has 2 atom stereocenters. The van der Waals surface area contributed by atoms with Crippen LogP contribution in [0.4, 0.5) is 14.9 Å². The fraction of sp³-hybridized carbons (Fsp3) is 0.353. The second-order valence-corrected chi connectivity index (χ2v) is 8.89. The van der Waals surface area contributed by atoms with E-state index < -0.39 is 34.0 Å². The molecule has 1 saturated heterocycles. The van der Waals surface area contributed by atoms with Gasteiger partial charge in [0, 0.05) is 11.8 Å². The lowest BCUT2D eigenvalue weighted by atomic mass is 10.0. The molecule has 2 aliphatic heterocycles. The highest BCUT2D eigenvalue weighted by molar-refractivity contribution is 7.91. The smallest absolute Gasteiger partial charge is 0.414 e. The number of benzene rings is 1. The van der Waals surface area contributed by atoms with Crippen molar-refractivity contribution in [3.8, 4) is 0 Å². The van der Waals surface area contributed by atoms with Gasteiger partial charge >= 0.3 is 6.09 Å². The molecular formula is C17H18FN5O4S. The minimum absolute atomic E-state index is 0.000327. The van der Waals surface area contributed by atoms with Crippen LogP contribution in [0, 0.1) is 5.82 Å². The third-order valence-corrected chi connectivity index (χ3v) is 6.34. The van der Waals surface area contributed by atoms with Crippen LogP contribution in [0.15, 0.2) is 36.7 Å². The van der Waals surface area contributed by atoms with Gasteiger partial charge in [0.1, 0.15) is 12.0 Å². The zero-order valence-electron chi connectivity index (χ0n) is 14.7. The molecule has 1 amide bonds. The molecule has 28 heavy (non-hydrogen) atoms. The fourth-order valence-corrected chi connectivity index (χ4v) is 4.43. The molecule has 2 aromatic rings. The Morgan fingerprint density at radius 1 is 1.36 bits per heavy atom. The summed E-state index contributed by atoms with van der Waals surface area (Å²) in [7, 11) is -3.09. The molecule has 11 heteroatoms. The van der Waals surface area contributed by atoms with Crippen molar-refractivity contribution in [3.05, 3.63) is 48.0 Å². The highest BCUT2D eigenvalue weighted by atomic mass is 32.2. The first-order valence-corrected chi connectivity index (χ1v) is 10.4. The number of amides is 1. The van der Waals surface area contributed by atoms with Crippen molar-refractivity contribution in [2.45, 2.75) is 18.7 Å². The van der Waals surface area contributed by atoms with E-state index in [1.54, 1.807) is 18.3 Å². The molecule has 1 unspecified atom stereocenters. The maximum atomic E-state index is 14.7. The van der Waals surface area contributed by atoms with E-state index in [9.17, 15) is 17.6 Å². The lowest BCUT2D eigenvalue weighted by molar-refractivity contribution is 0.105. The average molecular weight is 407 g/mol. The van der Waals surface area contributed by atoms with Gasteiger partial charge in [0.05, 0.1) is 29.9 Å². The van der Waals surface area contributed by atoms with Gasteiger partial charge in [-0.05, 0) is 30.2 Å². The van der Waals surface area contributed by atoms with E-state index in [0.717, 1.165) is 0 Å². The minimum atomic E-state index is -3.09. The van der Waals surface area contributed by atoms with Crippen molar-refractivity contribution in [2.75, 3.05) is 23.0 Å². The summed E-state index contributed by atoms with van der Waals surface area (Å²) in [5, 5.41) is 7.47. The molecular weight excluding hydrogens is 389 g/mol. The van der Waals surface area contributed by atoms with E-state index in [0.29, 0.717) is 16.8 Å². The molecule has 0 saturated carbocycles. The van der Waals surface area contributed by atoms with Crippen molar-refractivity contribution in [1.29, 1.82) is 0 Å². The van der Waals surface area contributed by atoms with E-state index in [2.05, 4.69) is 10.3 Å². The summed E-state index contributed by atoms with van der Waals surface area (Å²) in [4.78, 5) is 13.5. The Balaban J connectivity index is 1.53. The molecule has 2 N–H and O–H groups in total. The number of hydrogen-bond donors (Lipinski definition) is 1. The standard InChI is InChI=1S/C17H18FN5O4S/c18-14-9-12(1-2-13(14)11-3-7-28(25,26)8-4-11)22-10-15(27-17(22)24)16(19)23-6-5-20-21-23/h1-3,5-6,9,15-16H,4,7-8,10,19H2/t15-,16?/m1/s1. The lowest BCUT2D eigenvalue weighted by Crippen LogP contribution is -2.35. The van der Waals surface area contributed by atoms with Crippen LogP contribution in [0.5, 0.6) is 0 Å². The number of nitrogens with two attached hydrogens (primary N) is 1. The third-order valence-electron chi connectivity index (χ3n) is 4.84. The summed E-state index contributed by atoms with van der Waals surface area (Å²) in [5.41, 5.74) is 7.37. The van der Waals surface area contributed by atoms with Gasteiger partial charge in [-0.15, -0.1) is 5.10 Å². The Labute approximate surface area is 160 Å². The number of ether oxygens (including phenoxy) is 1. The Morgan fingerprint density at radius 2 is 2.18 bits per heavy atom. The van der Waals surface area contributed by atoms with Crippen LogP contribution in [0.2, 0.25) is 0 Å². The average Bonchev–Trinajstić information content (AvgIpc) is 3.31. The van der Waals surface area contributed by atoms with Gasteiger partial charge in [-0.2, -0.15) is 0 Å². The summed E-state index contributed by atoms with van der Waals surface area (Å²) >= 11 is 0. The summed E-state index contributed by atoms with van der Waals surface area (Å²) in [6, 6.07) is 4.39. The van der Waals surface area contributed by atoms with Crippen molar-refractivity contribution in [3.63, 3.8) is 0 Å². The van der Waals surface area contributed by atoms with Gasteiger partial charge in [-0.1, -0.05) is 11.3 Å². The van der Waals surface area contributed by atoms with Crippen LogP contribution in [-0.4, -0.2) is 53.7 Å². The number of allylic oxidation sites excluding steroid dienone is 1. The van der Waals surface area contributed by atoms with E-state index in [-0.39, 0.29) is 24.5 Å². The first-order valence-electron chi connectivity index (χ1n) is 8.63. The topological polar surface area (TPSA) is 120 Å².